The molecular weight excluding hydrogens is 972 g/mol. The molecule has 1 aliphatic heterocycles. The van der Waals surface area contributed by atoms with Crippen molar-refractivity contribution in [3.8, 4) is 5.69 Å². The lowest BCUT2D eigenvalue weighted by Gasteiger charge is -2.43. The lowest BCUT2D eigenvalue weighted by molar-refractivity contribution is -0.227. The quantitative estimate of drug-likeness (QED) is 0.0547. The Morgan fingerprint density at radius 2 is 1.03 bits per heavy atom. The SMILES string of the molecule is O=C(OC[C@H]1O[C@@H](/N=c2\sc(=Nc3ccccc3)nc(SCc3ccccc3)n2-c2ccc(Cl)cc2)[C@H](OC(=O)c2ccccc2)[C@@H](OC(=O)c2ccccc2)[C@@H]1OC(=O)c1ccccc1)c1ccccc1. The number of rotatable bonds is 15. The van der Waals surface area contributed by atoms with E-state index in [9.17, 15) is 19.2 Å². The van der Waals surface area contributed by atoms with E-state index in [-0.39, 0.29) is 27.1 Å². The molecule has 0 N–H and O–H groups in total. The van der Waals surface area contributed by atoms with Crippen LogP contribution in [0.4, 0.5) is 5.69 Å². The summed E-state index contributed by atoms with van der Waals surface area (Å²) in [5.41, 5.74) is 2.96. The smallest absolute Gasteiger partial charge is 0.338 e. The van der Waals surface area contributed by atoms with Crippen molar-refractivity contribution in [2.75, 3.05) is 6.61 Å². The van der Waals surface area contributed by atoms with Crippen molar-refractivity contribution in [2.24, 2.45) is 9.98 Å². The van der Waals surface area contributed by atoms with Gasteiger partial charge in [0.05, 0.1) is 33.6 Å². The molecule has 7 aromatic carbocycles. The molecule has 360 valence electrons. The Morgan fingerprint density at radius 3 is 1.56 bits per heavy atom. The van der Waals surface area contributed by atoms with Gasteiger partial charge in [-0.2, -0.15) is 4.98 Å². The maximum atomic E-state index is 14.4. The normalized spacial score (nSPS) is 17.9. The number of benzene rings is 7. The summed E-state index contributed by atoms with van der Waals surface area (Å²) in [6, 6.07) is 59.1. The molecular formula is C56H43ClN4O9S2. The van der Waals surface area contributed by atoms with E-state index in [1.807, 2.05) is 60.7 Å². The van der Waals surface area contributed by atoms with Gasteiger partial charge in [-0.05, 0) is 90.5 Å². The molecule has 0 saturated carbocycles. The van der Waals surface area contributed by atoms with E-state index >= 15 is 0 Å². The molecule has 9 rings (SSSR count). The summed E-state index contributed by atoms with van der Waals surface area (Å²) < 4.78 is 33.6. The van der Waals surface area contributed by atoms with Crippen LogP contribution in [0, 0.1) is 0 Å². The van der Waals surface area contributed by atoms with E-state index in [0.717, 1.165) is 16.9 Å². The fourth-order valence-corrected chi connectivity index (χ4v) is 9.58. The highest BCUT2D eigenvalue weighted by atomic mass is 35.5. The zero-order valence-electron chi connectivity index (χ0n) is 38.1. The first-order valence-electron chi connectivity index (χ1n) is 22.6. The minimum Gasteiger partial charge on any atom is -0.459 e. The van der Waals surface area contributed by atoms with Gasteiger partial charge < -0.3 is 23.7 Å². The van der Waals surface area contributed by atoms with Crippen molar-refractivity contribution in [1.29, 1.82) is 0 Å². The number of aromatic nitrogens is 2. The van der Waals surface area contributed by atoms with Crippen LogP contribution in [-0.2, 0) is 29.4 Å². The van der Waals surface area contributed by atoms with Crippen LogP contribution in [0.25, 0.3) is 5.69 Å². The topological polar surface area (TPSA) is 157 Å². The predicted octanol–water partition coefficient (Wildman–Crippen LogP) is 10.3. The third kappa shape index (κ3) is 12.5. The van der Waals surface area contributed by atoms with Crippen molar-refractivity contribution in [1.82, 2.24) is 9.55 Å². The molecule has 13 nitrogen and oxygen atoms in total. The minimum atomic E-state index is -1.64. The predicted molar refractivity (Wildman–Crippen MR) is 272 cm³/mol. The van der Waals surface area contributed by atoms with Gasteiger partial charge in [0.2, 0.25) is 4.80 Å². The van der Waals surface area contributed by atoms with Crippen LogP contribution in [0.2, 0.25) is 5.02 Å². The number of para-hydroxylation sites is 1. The second-order valence-electron chi connectivity index (χ2n) is 16.0. The third-order valence-corrected chi connectivity index (χ3v) is 13.1. The number of nitrogens with zero attached hydrogens (tertiary/aromatic N) is 4. The molecule has 0 bridgehead atoms. The monoisotopic (exact) mass is 1010 g/mol. The number of carbonyl (C=O) groups excluding carboxylic acids is 4. The van der Waals surface area contributed by atoms with E-state index in [0.29, 0.717) is 32.1 Å². The first-order valence-corrected chi connectivity index (χ1v) is 24.8. The van der Waals surface area contributed by atoms with Crippen LogP contribution in [0.15, 0.2) is 221 Å². The molecule has 8 aromatic rings. The molecule has 0 radical (unpaired) electrons. The summed E-state index contributed by atoms with van der Waals surface area (Å²) in [7, 11) is 0. The van der Waals surface area contributed by atoms with Crippen LogP contribution >= 0.6 is 34.7 Å². The number of ether oxygens (including phenoxy) is 5. The zero-order valence-corrected chi connectivity index (χ0v) is 40.5. The van der Waals surface area contributed by atoms with Crippen molar-refractivity contribution in [2.45, 2.75) is 41.6 Å². The lowest BCUT2D eigenvalue weighted by atomic mass is 9.97. The Balaban J connectivity index is 1.26. The summed E-state index contributed by atoms with van der Waals surface area (Å²) >= 11 is 8.99. The summed E-state index contributed by atoms with van der Waals surface area (Å²) in [5.74, 6) is -2.69. The van der Waals surface area contributed by atoms with Gasteiger partial charge in [0.25, 0.3) is 0 Å². The van der Waals surface area contributed by atoms with E-state index in [2.05, 4.69) is 0 Å². The Bertz CT molecular complexity index is 3260. The molecule has 1 aromatic heterocycles. The fourth-order valence-electron chi connectivity index (χ4n) is 7.50. The summed E-state index contributed by atoms with van der Waals surface area (Å²) in [6.07, 6.45) is -7.80. The Labute approximate surface area is 427 Å². The molecule has 0 spiro atoms. The summed E-state index contributed by atoms with van der Waals surface area (Å²) in [4.78, 5) is 72.4. The van der Waals surface area contributed by atoms with Crippen LogP contribution in [0.3, 0.4) is 0 Å². The van der Waals surface area contributed by atoms with Gasteiger partial charge in [0.15, 0.2) is 34.5 Å². The van der Waals surface area contributed by atoms with Crippen LogP contribution < -0.4 is 9.60 Å². The molecule has 0 unspecified atom stereocenters. The Hall–Kier alpha value is -7.95. The standard InChI is InChI=1S/C56H43ClN4O9S2/c57-42-31-33-44(34-32-42)61-55(71-36-37-19-7-1-8-20-37)60-54(58-43-29-17-6-18-30-43)72-56(61)59-49-48(70-53(65)41-27-15-5-16-28-41)47(69-52(64)40-25-13-4-14-26-40)46(68-51(63)39-23-11-3-12-24-39)45(67-49)35-66-50(62)38-21-9-2-10-22-38/h1-34,45-49H,35-36H2/b58-54?,59-56-/t45-,46-,47+,48-,49-/m1/s1. The molecule has 72 heavy (non-hydrogen) atoms. The second kappa shape index (κ2) is 23.8. The maximum Gasteiger partial charge on any atom is 0.338 e. The van der Waals surface area contributed by atoms with Gasteiger partial charge in [-0.25, -0.2) is 29.2 Å². The van der Waals surface area contributed by atoms with Crippen molar-refractivity contribution < 1.29 is 42.9 Å². The van der Waals surface area contributed by atoms with E-state index < -0.39 is 61.1 Å². The number of halogens is 1. The van der Waals surface area contributed by atoms with E-state index in [1.54, 1.807) is 150 Å². The van der Waals surface area contributed by atoms with Gasteiger partial charge in [-0.15, -0.1) is 0 Å². The van der Waals surface area contributed by atoms with Crippen molar-refractivity contribution >= 4 is 64.3 Å². The average Bonchev–Trinajstić information content (AvgIpc) is 3.43. The number of thioether (sulfide) groups is 1. The summed E-state index contributed by atoms with van der Waals surface area (Å²) in [6.45, 7) is -0.533. The largest absolute Gasteiger partial charge is 0.459 e. The van der Waals surface area contributed by atoms with Gasteiger partial charge in [-0.3, -0.25) is 4.57 Å². The zero-order chi connectivity index (χ0) is 49.7. The highest BCUT2D eigenvalue weighted by molar-refractivity contribution is 7.98. The fraction of sp³-hybridized carbons (Fsp3) is 0.125. The molecule has 1 aliphatic rings. The number of esters is 4. The first kappa shape index (κ1) is 49.0. The van der Waals surface area contributed by atoms with Gasteiger partial charge in [0, 0.05) is 10.8 Å². The first-order chi connectivity index (χ1) is 35.3. The molecule has 0 aliphatic carbocycles. The molecule has 1 saturated heterocycles. The van der Waals surface area contributed by atoms with Crippen LogP contribution in [-0.4, -0.2) is 70.7 Å². The van der Waals surface area contributed by atoms with Gasteiger partial charge in [-0.1, -0.05) is 156 Å². The van der Waals surface area contributed by atoms with E-state index in [4.69, 9.17) is 50.3 Å². The molecule has 2 heterocycles. The molecule has 0 amide bonds. The Kier molecular flexibility index (Phi) is 16.2. The number of carbonyl (C=O) groups is 4. The Morgan fingerprint density at radius 1 is 0.569 bits per heavy atom. The second-order valence-corrected chi connectivity index (χ2v) is 18.3. The van der Waals surface area contributed by atoms with Crippen LogP contribution in [0.1, 0.15) is 47.0 Å². The average molecular weight is 1020 g/mol. The number of hydrogen-bond donors (Lipinski definition) is 0. The molecule has 16 heteroatoms. The highest BCUT2D eigenvalue weighted by Gasteiger charge is 2.53. The minimum absolute atomic E-state index is 0.148. The van der Waals surface area contributed by atoms with Gasteiger partial charge >= 0.3 is 23.9 Å². The van der Waals surface area contributed by atoms with Crippen molar-refractivity contribution in [3.63, 3.8) is 0 Å². The van der Waals surface area contributed by atoms with Gasteiger partial charge in [0.1, 0.15) is 12.7 Å². The van der Waals surface area contributed by atoms with E-state index in [1.165, 1.54) is 11.8 Å². The van der Waals surface area contributed by atoms with Crippen molar-refractivity contribution in [3.05, 3.63) is 249 Å². The molecule has 1 fully saturated rings. The summed E-state index contributed by atoms with van der Waals surface area (Å²) in [5, 5.41) is 0.955. The highest BCUT2D eigenvalue weighted by Crippen LogP contribution is 2.32. The number of hydrogen-bond acceptors (Lipinski definition) is 14. The van der Waals surface area contributed by atoms with Crippen LogP contribution in [0.5, 0.6) is 0 Å². The lowest BCUT2D eigenvalue weighted by Crippen LogP contribution is -2.62. The molecule has 5 atom stereocenters. The third-order valence-electron chi connectivity index (χ3n) is 11.0. The maximum absolute atomic E-state index is 14.4.